The van der Waals surface area contributed by atoms with E-state index in [0.29, 0.717) is 22.9 Å². The zero-order chi connectivity index (χ0) is 20.0. The van der Waals surface area contributed by atoms with E-state index in [1.54, 1.807) is 17.4 Å². The molecule has 29 heavy (non-hydrogen) atoms. The maximum atomic E-state index is 13.3. The lowest BCUT2D eigenvalue weighted by atomic mass is 10.0. The van der Waals surface area contributed by atoms with E-state index in [-0.39, 0.29) is 11.8 Å². The fourth-order valence-corrected chi connectivity index (χ4v) is 4.74. The van der Waals surface area contributed by atoms with Crippen LogP contribution in [0.15, 0.2) is 36.1 Å². The summed E-state index contributed by atoms with van der Waals surface area (Å²) in [6.07, 6.45) is 6.19. The highest BCUT2D eigenvalue weighted by Gasteiger charge is 2.40. The zero-order valence-corrected chi connectivity index (χ0v) is 16.9. The van der Waals surface area contributed by atoms with Gasteiger partial charge in [0.25, 0.3) is 11.8 Å². The number of amides is 2. The van der Waals surface area contributed by atoms with Gasteiger partial charge in [0, 0.05) is 35.9 Å². The molecule has 0 saturated heterocycles. The Labute approximate surface area is 172 Å². The Morgan fingerprint density at radius 1 is 1.34 bits per heavy atom. The van der Waals surface area contributed by atoms with Crippen LogP contribution >= 0.6 is 11.3 Å². The molecule has 5 rings (SSSR count). The first-order chi connectivity index (χ1) is 14.2. The van der Waals surface area contributed by atoms with Gasteiger partial charge in [-0.1, -0.05) is 19.1 Å². The number of anilines is 1. The predicted octanol–water partition coefficient (Wildman–Crippen LogP) is 3.18. The van der Waals surface area contributed by atoms with Crippen molar-refractivity contribution < 1.29 is 9.59 Å². The molecule has 2 aliphatic rings. The van der Waals surface area contributed by atoms with Crippen LogP contribution in [0.5, 0.6) is 0 Å². The lowest BCUT2D eigenvalue weighted by Gasteiger charge is -2.26. The zero-order valence-electron chi connectivity index (χ0n) is 16.1. The molecule has 1 N–H and O–H groups in total. The summed E-state index contributed by atoms with van der Waals surface area (Å²) in [5, 5.41) is 5.20. The van der Waals surface area contributed by atoms with Crippen molar-refractivity contribution in [2.45, 2.75) is 45.3 Å². The molecule has 3 aromatic rings. The normalized spacial score (nSPS) is 16.0. The van der Waals surface area contributed by atoms with Gasteiger partial charge in [-0.2, -0.15) is 0 Å². The lowest BCUT2D eigenvalue weighted by Crippen LogP contribution is -2.38. The third-order valence-corrected chi connectivity index (χ3v) is 6.38. The molecule has 0 radical (unpaired) electrons. The number of nitrogens with one attached hydrogen (secondary N) is 1. The molecule has 0 fully saturated rings. The number of thiazole rings is 1. The summed E-state index contributed by atoms with van der Waals surface area (Å²) in [6.45, 7) is 3.37. The fourth-order valence-electron chi connectivity index (χ4n) is 4.20. The molecule has 0 spiro atoms. The van der Waals surface area contributed by atoms with E-state index in [2.05, 4.69) is 32.8 Å². The van der Waals surface area contributed by atoms with Crippen molar-refractivity contribution in [2.24, 2.45) is 0 Å². The van der Waals surface area contributed by atoms with Gasteiger partial charge >= 0.3 is 0 Å². The molecular weight excluding hydrogens is 386 g/mol. The van der Waals surface area contributed by atoms with Gasteiger partial charge in [0.15, 0.2) is 11.2 Å². The first kappa shape index (κ1) is 18.1. The van der Waals surface area contributed by atoms with Crippen LogP contribution in [0, 0.1) is 0 Å². The van der Waals surface area contributed by atoms with E-state index >= 15 is 0 Å². The maximum absolute atomic E-state index is 13.3. The van der Waals surface area contributed by atoms with Gasteiger partial charge in [0.2, 0.25) is 0 Å². The Bertz CT molecular complexity index is 1090. The Kier molecular flexibility index (Phi) is 4.43. The second-order valence-electron chi connectivity index (χ2n) is 7.38. The van der Waals surface area contributed by atoms with Crippen molar-refractivity contribution in [2.75, 3.05) is 5.32 Å². The van der Waals surface area contributed by atoms with Crippen LogP contribution in [0.25, 0.3) is 0 Å². The van der Waals surface area contributed by atoms with Crippen LogP contribution < -0.4 is 5.32 Å². The second kappa shape index (κ2) is 7.11. The highest BCUT2D eigenvalue weighted by molar-refractivity contribution is 7.13. The van der Waals surface area contributed by atoms with E-state index in [1.165, 1.54) is 11.3 Å². The smallest absolute Gasteiger partial charge is 0.255 e. The molecule has 0 saturated carbocycles. The highest BCUT2D eigenvalue weighted by Crippen LogP contribution is 2.35. The number of hydrogen-bond acceptors (Lipinski definition) is 5. The van der Waals surface area contributed by atoms with Crippen LogP contribution in [0.2, 0.25) is 0 Å². The van der Waals surface area contributed by atoms with Crippen LogP contribution in [-0.2, 0) is 30.7 Å². The van der Waals surface area contributed by atoms with Crippen molar-refractivity contribution in [3.63, 3.8) is 0 Å². The minimum Gasteiger partial charge on any atom is -0.334 e. The number of benzene rings is 1. The molecule has 1 unspecified atom stereocenters. The van der Waals surface area contributed by atoms with Crippen molar-refractivity contribution in [1.82, 2.24) is 19.4 Å². The van der Waals surface area contributed by atoms with Gasteiger partial charge in [-0.25, -0.2) is 9.97 Å². The number of imidazole rings is 1. The van der Waals surface area contributed by atoms with E-state index < -0.39 is 6.04 Å². The molecule has 2 aromatic heterocycles. The van der Waals surface area contributed by atoms with Crippen LogP contribution in [0.4, 0.5) is 5.13 Å². The van der Waals surface area contributed by atoms with Crippen LogP contribution in [0.3, 0.4) is 0 Å². The number of carbonyl (C=O) groups is 2. The third-order valence-electron chi connectivity index (χ3n) is 5.69. The number of hydrogen-bond donors (Lipinski definition) is 1. The first-order valence-corrected chi connectivity index (χ1v) is 10.7. The van der Waals surface area contributed by atoms with E-state index in [9.17, 15) is 9.59 Å². The average molecular weight is 407 g/mol. The maximum Gasteiger partial charge on any atom is 0.255 e. The molecule has 1 atom stereocenters. The van der Waals surface area contributed by atoms with Gasteiger partial charge in [-0.15, -0.1) is 11.3 Å². The summed E-state index contributed by atoms with van der Waals surface area (Å²) in [6, 6.07) is 5.22. The Hall–Kier alpha value is -3.00. The lowest BCUT2D eigenvalue weighted by molar-refractivity contribution is -0.121. The van der Waals surface area contributed by atoms with Crippen LogP contribution in [0.1, 0.15) is 52.3 Å². The van der Waals surface area contributed by atoms with Crippen molar-refractivity contribution in [3.05, 3.63) is 64.2 Å². The molecule has 7 nitrogen and oxygen atoms in total. The average Bonchev–Trinajstić information content (AvgIpc) is 3.49. The molecule has 4 heterocycles. The van der Waals surface area contributed by atoms with Crippen molar-refractivity contribution in [1.29, 1.82) is 0 Å². The third kappa shape index (κ3) is 3.04. The van der Waals surface area contributed by atoms with E-state index in [0.717, 1.165) is 42.6 Å². The molecule has 2 aliphatic heterocycles. The van der Waals surface area contributed by atoms with Crippen LogP contribution in [-0.4, -0.2) is 31.2 Å². The SMILES string of the molecule is CCc1ccc2c(c1)C(=O)N(C(C(=O)Nc1nccs1)c1ncn3c1CCC3)C2. The predicted molar refractivity (Wildman–Crippen MR) is 110 cm³/mol. The molecular formula is C21H21N5O2S. The van der Waals surface area contributed by atoms with E-state index in [1.807, 2.05) is 17.5 Å². The number of fused-ring (bicyclic) bond motifs is 2. The summed E-state index contributed by atoms with van der Waals surface area (Å²) in [5.74, 6) is -0.389. The molecule has 148 valence electrons. The quantitative estimate of drug-likeness (QED) is 0.704. The Morgan fingerprint density at radius 2 is 2.24 bits per heavy atom. The standard InChI is InChI=1S/C21H21N5O2S/c1-2-13-5-6-14-11-26(20(28)15(14)10-13)18(19(27)24-21-22-7-9-29-21)17-16-4-3-8-25(16)12-23-17/h5-7,9-10,12,18H,2-4,8,11H2,1H3,(H,22,24,27). The second-order valence-corrected chi connectivity index (χ2v) is 8.28. The van der Waals surface area contributed by atoms with Gasteiger partial charge in [0.1, 0.15) is 0 Å². The number of aryl methyl sites for hydroxylation is 2. The Morgan fingerprint density at radius 3 is 3.03 bits per heavy atom. The van der Waals surface area contributed by atoms with E-state index in [4.69, 9.17) is 0 Å². The van der Waals surface area contributed by atoms with Crippen molar-refractivity contribution in [3.8, 4) is 0 Å². The monoisotopic (exact) mass is 407 g/mol. The number of carbonyl (C=O) groups excluding carboxylic acids is 2. The summed E-state index contributed by atoms with van der Waals surface area (Å²) in [4.78, 5) is 37.0. The summed E-state index contributed by atoms with van der Waals surface area (Å²) in [5.41, 5.74) is 4.48. The highest BCUT2D eigenvalue weighted by atomic mass is 32.1. The van der Waals surface area contributed by atoms with Gasteiger partial charge < -0.3 is 9.47 Å². The summed E-state index contributed by atoms with van der Waals surface area (Å²) in [7, 11) is 0. The first-order valence-electron chi connectivity index (χ1n) is 9.82. The number of nitrogens with zero attached hydrogens (tertiary/aromatic N) is 4. The topological polar surface area (TPSA) is 80.1 Å². The molecule has 8 heteroatoms. The minimum absolute atomic E-state index is 0.116. The van der Waals surface area contributed by atoms with Gasteiger partial charge in [-0.05, 0) is 36.5 Å². The molecule has 0 bridgehead atoms. The summed E-state index contributed by atoms with van der Waals surface area (Å²) >= 11 is 1.35. The summed E-state index contributed by atoms with van der Waals surface area (Å²) < 4.78 is 2.09. The minimum atomic E-state index is -0.779. The fraction of sp³-hybridized carbons (Fsp3) is 0.333. The number of aromatic nitrogens is 3. The van der Waals surface area contributed by atoms with Gasteiger partial charge in [-0.3, -0.25) is 14.9 Å². The Balaban J connectivity index is 1.53. The molecule has 0 aliphatic carbocycles. The van der Waals surface area contributed by atoms with Gasteiger partial charge in [0.05, 0.1) is 12.0 Å². The molecule has 2 amide bonds. The van der Waals surface area contributed by atoms with Crippen molar-refractivity contribution >= 4 is 28.3 Å². The number of rotatable bonds is 5. The largest absolute Gasteiger partial charge is 0.334 e. The molecule has 1 aromatic carbocycles.